The van der Waals surface area contributed by atoms with E-state index < -0.39 is 5.97 Å². The minimum Gasteiger partial charge on any atom is -0.477 e. The van der Waals surface area contributed by atoms with E-state index in [0.29, 0.717) is 17.9 Å². The van der Waals surface area contributed by atoms with E-state index in [1.807, 2.05) is 31.2 Å². The lowest BCUT2D eigenvalue weighted by Crippen LogP contribution is -2.12. The fourth-order valence-electron chi connectivity index (χ4n) is 2.00. The van der Waals surface area contributed by atoms with Crippen LogP contribution in [0.15, 0.2) is 24.3 Å². The van der Waals surface area contributed by atoms with Gasteiger partial charge in [0.25, 0.3) is 0 Å². The van der Waals surface area contributed by atoms with Crippen molar-refractivity contribution >= 4 is 11.8 Å². The highest BCUT2D eigenvalue weighted by molar-refractivity contribution is 5.93. The van der Waals surface area contributed by atoms with Crippen molar-refractivity contribution in [3.63, 3.8) is 0 Å². The maximum Gasteiger partial charge on any atom is 0.341 e. The summed E-state index contributed by atoms with van der Waals surface area (Å²) in [7, 11) is 0. The first-order chi connectivity index (χ1) is 8.97. The van der Waals surface area contributed by atoms with Gasteiger partial charge in [0.15, 0.2) is 0 Å². The minimum absolute atomic E-state index is 0.0163. The van der Waals surface area contributed by atoms with Crippen LogP contribution in [0.3, 0.4) is 0 Å². The van der Waals surface area contributed by atoms with Crippen molar-refractivity contribution in [3.05, 3.63) is 52.5 Å². The number of rotatable bonds is 3. The molecule has 5 heteroatoms. The number of hydrogen-bond acceptors (Lipinski definition) is 4. The molecule has 2 rings (SSSR count). The molecule has 1 heterocycles. The minimum atomic E-state index is -1.10. The summed E-state index contributed by atoms with van der Waals surface area (Å²) in [5.41, 5.74) is 8.27. The van der Waals surface area contributed by atoms with E-state index in [1.165, 1.54) is 0 Å². The zero-order chi connectivity index (χ0) is 14.0. The highest BCUT2D eigenvalue weighted by Crippen LogP contribution is 2.15. The van der Waals surface area contributed by atoms with Gasteiger partial charge in [-0.05, 0) is 19.4 Å². The maximum atomic E-state index is 11.0. The molecule has 0 aliphatic heterocycles. The Morgan fingerprint density at radius 2 is 2.05 bits per heavy atom. The van der Waals surface area contributed by atoms with Crippen molar-refractivity contribution < 1.29 is 9.90 Å². The lowest BCUT2D eigenvalue weighted by atomic mass is 10.1. The molecule has 1 aromatic heterocycles. The van der Waals surface area contributed by atoms with Crippen LogP contribution in [0.2, 0.25) is 0 Å². The fourth-order valence-corrected chi connectivity index (χ4v) is 2.00. The van der Waals surface area contributed by atoms with Gasteiger partial charge in [0.1, 0.15) is 17.2 Å². The second-order valence-corrected chi connectivity index (χ2v) is 4.46. The van der Waals surface area contributed by atoms with Crippen LogP contribution in [-0.2, 0) is 6.42 Å². The summed E-state index contributed by atoms with van der Waals surface area (Å²) in [4.78, 5) is 19.3. The zero-order valence-corrected chi connectivity index (χ0v) is 10.8. The number of anilines is 1. The van der Waals surface area contributed by atoms with Gasteiger partial charge in [-0.1, -0.05) is 29.8 Å². The maximum absolute atomic E-state index is 11.0. The first-order valence-corrected chi connectivity index (χ1v) is 5.89. The summed E-state index contributed by atoms with van der Waals surface area (Å²) in [5.74, 6) is -0.551. The van der Waals surface area contributed by atoms with Crippen molar-refractivity contribution in [3.8, 4) is 0 Å². The highest BCUT2D eigenvalue weighted by Gasteiger charge is 2.15. The van der Waals surface area contributed by atoms with Gasteiger partial charge in [0.2, 0.25) is 0 Å². The van der Waals surface area contributed by atoms with E-state index >= 15 is 0 Å². The molecule has 0 radical (unpaired) electrons. The molecule has 0 spiro atoms. The second-order valence-electron chi connectivity index (χ2n) is 4.46. The van der Waals surface area contributed by atoms with Crippen molar-refractivity contribution in [1.29, 1.82) is 0 Å². The Kier molecular flexibility index (Phi) is 3.46. The molecule has 0 saturated carbocycles. The van der Waals surface area contributed by atoms with Crippen LogP contribution < -0.4 is 5.73 Å². The molecule has 3 N–H and O–H groups in total. The number of nitrogens with two attached hydrogens (primary N) is 1. The van der Waals surface area contributed by atoms with Gasteiger partial charge in [-0.2, -0.15) is 0 Å². The molecule has 0 fully saturated rings. The Labute approximate surface area is 111 Å². The number of nitrogen functional groups attached to an aromatic ring is 1. The number of aryl methyl sites for hydroxylation is 2. The molecule has 0 aliphatic rings. The molecular weight excluding hydrogens is 242 g/mol. The van der Waals surface area contributed by atoms with Crippen molar-refractivity contribution in [1.82, 2.24) is 9.97 Å². The van der Waals surface area contributed by atoms with E-state index in [4.69, 9.17) is 10.8 Å². The van der Waals surface area contributed by atoms with Crippen molar-refractivity contribution in [2.24, 2.45) is 0 Å². The summed E-state index contributed by atoms with van der Waals surface area (Å²) < 4.78 is 0. The monoisotopic (exact) mass is 257 g/mol. The van der Waals surface area contributed by atoms with Crippen LogP contribution >= 0.6 is 0 Å². The topological polar surface area (TPSA) is 89.1 Å². The number of hydrogen-bond donors (Lipinski definition) is 2. The molecule has 2 aromatic rings. The number of carboxylic acid groups (broad SMARTS) is 1. The van der Waals surface area contributed by atoms with Gasteiger partial charge >= 0.3 is 5.97 Å². The van der Waals surface area contributed by atoms with E-state index in [2.05, 4.69) is 9.97 Å². The highest BCUT2D eigenvalue weighted by atomic mass is 16.4. The number of carbonyl (C=O) groups is 1. The fraction of sp³-hybridized carbons (Fsp3) is 0.214. The number of aromatic carboxylic acids is 1. The molecule has 0 saturated heterocycles. The van der Waals surface area contributed by atoms with E-state index in [0.717, 1.165) is 11.1 Å². The molecule has 98 valence electrons. The van der Waals surface area contributed by atoms with Gasteiger partial charge in [0.05, 0.1) is 5.69 Å². The van der Waals surface area contributed by atoms with Gasteiger partial charge < -0.3 is 10.8 Å². The zero-order valence-electron chi connectivity index (χ0n) is 10.8. The lowest BCUT2D eigenvalue weighted by Gasteiger charge is -2.07. The number of aromatic nitrogens is 2. The van der Waals surface area contributed by atoms with E-state index in [1.54, 1.807) is 6.92 Å². The molecule has 0 aliphatic carbocycles. The third kappa shape index (κ3) is 2.88. The molecule has 5 nitrogen and oxygen atoms in total. The van der Waals surface area contributed by atoms with Crippen LogP contribution in [0.1, 0.15) is 33.0 Å². The smallest absolute Gasteiger partial charge is 0.341 e. The molecule has 19 heavy (non-hydrogen) atoms. The average molecular weight is 257 g/mol. The van der Waals surface area contributed by atoms with Crippen LogP contribution in [-0.4, -0.2) is 21.0 Å². The summed E-state index contributed by atoms with van der Waals surface area (Å²) in [6.07, 6.45) is 0.534. The summed E-state index contributed by atoms with van der Waals surface area (Å²) >= 11 is 0. The predicted molar refractivity (Wildman–Crippen MR) is 72.1 cm³/mol. The van der Waals surface area contributed by atoms with Gasteiger partial charge in [-0.3, -0.25) is 0 Å². The Bertz CT molecular complexity index is 615. The van der Waals surface area contributed by atoms with Gasteiger partial charge in [-0.15, -0.1) is 0 Å². The Balaban J connectivity index is 2.35. The van der Waals surface area contributed by atoms with E-state index in [9.17, 15) is 4.79 Å². The van der Waals surface area contributed by atoms with Crippen molar-refractivity contribution in [2.75, 3.05) is 5.73 Å². The molecule has 0 unspecified atom stereocenters. The molecule has 0 atom stereocenters. The standard InChI is InChI=1S/C14H15N3O2/c1-8-4-3-5-10(6-8)7-11-16-9(2)12(14(18)19)13(15)17-11/h3-6H,7H2,1-2H3,(H,18,19)(H2,15,16,17). The Hall–Kier alpha value is -2.43. The third-order valence-corrected chi connectivity index (χ3v) is 2.82. The van der Waals surface area contributed by atoms with Gasteiger partial charge in [-0.25, -0.2) is 14.8 Å². The van der Waals surface area contributed by atoms with Gasteiger partial charge in [0, 0.05) is 6.42 Å². The number of nitrogens with zero attached hydrogens (tertiary/aromatic N) is 2. The second kappa shape index (κ2) is 5.06. The number of benzene rings is 1. The summed E-state index contributed by atoms with van der Waals surface area (Å²) in [6.45, 7) is 3.64. The SMILES string of the molecule is Cc1cccc(Cc2nc(C)c(C(=O)O)c(N)n2)c1. The Morgan fingerprint density at radius 1 is 1.32 bits per heavy atom. The lowest BCUT2D eigenvalue weighted by molar-refractivity contribution is 0.0696. The largest absolute Gasteiger partial charge is 0.477 e. The Morgan fingerprint density at radius 3 is 2.63 bits per heavy atom. The molecular formula is C14H15N3O2. The quantitative estimate of drug-likeness (QED) is 0.877. The molecule has 1 aromatic carbocycles. The summed E-state index contributed by atoms with van der Waals surface area (Å²) in [6, 6.07) is 8.00. The average Bonchev–Trinajstić information content (AvgIpc) is 2.27. The van der Waals surface area contributed by atoms with Crippen LogP contribution in [0.25, 0.3) is 0 Å². The third-order valence-electron chi connectivity index (χ3n) is 2.82. The molecule has 0 amide bonds. The summed E-state index contributed by atoms with van der Waals surface area (Å²) in [5, 5.41) is 9.00. The van der Waals surface area contributed by atoms with Crippen LogP contribution in [0, 0.1) is 13.8 Å². The predicted octanol–water partition coefficient (Wildman–Crippen LogP) is 1.96. The molecule has 0 bridgehead atoms. The van der Waals surface area contributed by atoms with E-state index in [-0.39, 0.29) is 11.4 Å². The first-order valence-electron chi connectivity index (χ1n) is 5.89. The first kappa shape index (κ1) is 13.0. The van der Waals surface area contributed by atoms with Crippen molar-refractivity contribution in [2.45, 2.75) is 20.3 Å². The van der Waals surface area contributed by atoms with Crippen LogP contribution in [0.4, 0.5) is 5.82 Å². The van der Waals surface area contributed by atoms with Crippen LogP contribution in [0.5, 0.6) is 0 Å². The number of carboxylic acids is 1. The normalized spacial score (nSPS) is 10.4.